The van der Waals surface area contributed by atoms with Crippen molar-refractivity contribution in [3.63, 3.8) is 0 Å². The maximum Gasteiger partial charge on any atom is 0.355 e. The normalized spacial score (nSPS) is 12.0. The number of fused-ring (bicyclic) bond motifs is 1. The highest BCUT2D eigenvalue weighted by molar-refractivity contribution is 6.34. The van der Waals surface area contributed by atoms with Gasteiger partial charge in [0.05, 0.1) is 11.1 Å². The second-order valence-corrected chi connectivity index (χ2v) is 6.67. The molecule has 0 aliphatic rings. The number of hydrogen-bond acceptors (Lipinski definition) is 4. The largest absolute Gasteiger partial charge is 0.355 e. The van der Waals surface area contributed by atoms with Gasteiger partial charge in [0, 0.05) is 6.20 Å². The zero-order valence-electron chi connectivity index (χ0n) is 13.4. The van der Waals surface area contributed by atoms with Gasteiger partial charge in [0.1, 0.15) is 16.5 Å². The molecule has 9 heteroatoms. The first kappa shape index (κ1) is 17.7. The standard InChI is InChI=1S/C16H12Cl2F2N4O/c1-7-4-5-21-11(16(2,3)20)10(7)24-14-8(12(17)23-15(24)25)6-9(19)13(18)22-14/h4-6H,1-3H3. The van der Waals surface area contributed by atoms with E-state index in [2.05, 4.69) is 15.0 Å². The smallest absolute Gasteiger partial charge is 0.256 e. The number of rotatable bonds is 2. The van der Waals surface area contributed by atoms with Gasteiger partial charge in [-0.05, 0) is 38.5 Å². The van der Waals surface area contributed by atoms with Crippen LogP contribution in [0, 0.1) is 12.7 Å². The van der Waals surface area contributed by atoms with Crippen molar-refractivity contribution in [3.05, 3.63) is 56.2 Å². The van der Waals surface area contributed by atoms with E-state index < -0.39 is 22.3 Å². The van der Waals surface area contributed by atoms with Crippen LogP contribution >= 0.6 is 23.2 Å². The van der Waals surface area contributed by atoms with Crippen LogP contribution < -0.4 is 5.69 Å². The summed E-state index contributed by atoms with van der Waals surface area (Å²) in [6.45, 7) is 4.31. The van der Waals surface area contributed by atoms with Crippen molar-refractivity contribution in [2.75, 3.05) is 0 Å². The van der Waals surface area contributed by atoms with E-state index in [0.717, 1.165) is 10.6 Å². The molecule has 0 unspecified atom stereocenters. The van der Waals surface area contributed by atoms with Crippen LogP contribution in [0.25, 0.3) is 16.7 Å². The van der Waals surface area contributed by atoms with Gasteiger partial charge in [-0.3, -0.25) is 4.98 Å². The summed E-state index contributed by atoms with van der Waals surface area (Å²) >= 11 is 11.7. The molecule has 0 radical (unpaired) electrons. The van der Waals surface area contributed by atoms with Gasteiger partial charge in [-0.1, -0.05) is 23.2 Å². The molecule has 0 aliphatic heterocycles. The van der Waals surface area contributed by atoms with Crippen LogP contribution in [-0.2, 0) is 5.67 Å². The van der Waals surface area contributed by atoms with E-state index in [1.54, 1.807) is 13.0 Å². The quantitative estimate of drug-likeness (QED) is 0.492. The maximum absolute atomic E-state index is 14.7. The number of alkyl halides is 1. The van der Waals surface area contributed by atoms with Crippen molar-refractivity contribution in [2.45, 2.75) is 26.4 Å². The summed E-state index contributed by atoms with van der Waals surface area (Å²) in [5.41, 5.74) is -1.93. The van der Waals surface area contributed by atoms with E-state index in [0.29, 0.717) is 5.56 Å². The number of pyridine rings is 2. The molecule has 0 fully saturated rings. The average Bonchev–Trinajstić information content (AvgIpc) is 2.50. The summed E-state index contributed by atoms with van der Waals surface area (Å²) in [4.78, 5) is 24.2. The van der Waals surface area contributed by atoms with E-state index in [4.69, 9.17) is 23.2 Å². The lowest BCUT2D eigenvalue weighted by atomic mass is 10.0. The number of aromatic nitrogens is 4. The minimum Gasteiger partial charge on any atom is -0.256 e. The Morgan fingerprint density at radius 1 is 1.20 bits per heavy atom. The molecule has 3 aromatic rings. The molecule has 0 aliphatic carbocycles. The average molecular weight is 385 g/mol. The van der Waals surface area contributed by atoms with Crippen LogP contribution in [-0.4, -0.2) is 19.5 Å². The van der Waals surface area contributed by atoms with Gasteiger partial charge in [-0.15, -0.1) is 0 Å². The van der Waals surface area contributed by atoms with Crippen LogP contribution in [0.3, 0.4) is 0 Å². The summed E-state index contributed by atoms with van der Waals surface area (Å²) in [5, 5.41) is -0.582. The first-order valence-corrected chi connectivity index (χ1v) is 7.96. The third-order valence-corrected chi connectivity index (χ3v) is 4.20. The van der Waals surface area contributed by atoms with Crippen LogP contribution in [0.15, 0.2) is 23.1 Å². The van der Waals surface area contributed by atoms with Crippen molar-refractivity contribution in [3.8, 4) is 5.69 Å². The Morgan fingerprint density at radius 2 is 1.88 bits per heavy atom. The van der Waals surface area contributed by atoms with E-state index in [1.807, 2.05) is 0 Å². The van der Waals surface area contributed by atoms with Crippen LogP contribution in [0.5, 0.6) is 0 Å². The van der Waals surface area contributed by atoms with Crippen molar-refractivity contribution in [1.82, 2.24) is 19.5 Å². The third-order valence-electron chi connectivity index (χ3n) is 3.64. The van der Waals surface area contributed by atoms with Crippen LogP contribution in [0.2, 0.25) is 10.3 Å². The fourth-order valence-electron chi connectivity index (χ4n) is 2.53. The van der Waals surface area contributed by atoms with Crippen molar-refractivity contribution in [2.24, 2.45) is 0 Å². The lowest BCUT2D eigenvalue weighted by Crippen LogP contribution is -2.27. The van der Waals surface area contributed by atoms with Crippen molar-refractivity contribution < 1.29 is 8.78 Å². The predicted octanol–water partition coefficient (Wildman–Crippen LogP) is 4.13. The molecule has 0 N–H and O–H groups in total. The minimum atomic E-state index is -1.85. The molecule has 0 saturated carbocycles. The van der Waals surface area contributed by atoms with Gasteiger partial charge >= 0.3 is 5.69 Å². The molecule has 3 heterocycles. The molecule has 130 valence electrons. The Kier molecular flexibility index (Phi) is 4.25. The van der Waals surface area contributed by atoms with Gasteiger partial charge in [-0.25, -0.2) is 23.1 Å². The van der Waals surface area contributed by atoms with Crippen LogP contribution in [0.1, 0.15) is 25.1 Å². The molecule has 3 rings (SSSR count). The van der Waals surface area contributed by atoms with Gasteiger partial charge < -0.3 is 0 Å². The Labute approximate surface area is 151 Å². The summed E-state index contributed by atoms with van der Waals surface area (Å²) < 4.78 is 29.5. The monoisotopic (exact) mass is 384 g/mol. The van der Waals surface area contributed by atoms with Gasteiger partial charge in [0.15, 0.2) is 16.6 Å². The first-order valence-electron chi connectivity index (χ1n) is 7.21. The molecule has 0 amide bonds. The fourth-order valence-corrected chi connectivity index (χ4v) is 2.88. The number of halogens is 4. The van der Waals surface area contributed by atoms with E-state index >= 15 is 0 Å². The van der Waals surface area contributed by atoms with Crippen LogP contribution in [0.4, 0.5) is 8.78 Å². The second-order valence-electron chi connectivity index (χ2n) is 5.95. The molecule has 3 aromatic heterocycles. The zero-order chi connectivity index (χ0) is 18.5. The molecule has 5 nitrogen and oxygen atoms in total. The molecule has 25 heavy (non-hydrogen) atoms. The Balaban J connectivity index is 2.55. The van der Waals surface area contributed by atoms with E-state index in [9.17, 15) is 13.6 Å². The maximum atomic E-state index is 14.7. The third kappa shape index (κ3) is 2.98. The lowest BCUT2D eigenvalue weighted by molar-refractivity contribution is 0.214. The Bertz CT molecular complexity index is 1060. The number of aryl methyl sites for hydroxylation is 1. The topological polar surface area (TPSA) is 60.7 Å². The minimum absolute atomic E-state index is 0.0160. The molecule has 0 spiro atoms. The second kappa shape index (κ2) is 6.00. The Hall–Kier alpha value is -2.12. The highest BCUT2D eigenvalue weighted by Crippen LogP contribution is 2.32. The highest BCUT2D eigenvalue weighted by Gasteiger charge is 2.28. The Morgan fingerprint density at radius 3 is 2.52 bits per heavy atom. The predicted molar refractivity (Wildman–Crippen MR) is 91.8 cm³/mol. The summed E-state index contributed by atoms with van der Waals surface area (Å²) in [6, 6.07) is 2.64. The van der Waals surface area contributed by atoms with E-state index in [-0.39, 0.29) is 27.6 Å². The molecule has 0 bridgehead atoms. The molecular formula is C16H12Cl2F2N4O. The molecular weight excluding hydrogens is 373 g/mol. The zero-order valence-corrected chi connectivity index (χ0v) is 15.0. The summed E-state index contributed by atoms with van der Waals surface area (Å²) in [6.07, 6.45) is 1.44. The molecule has 0 saturated heterocycles. The number of nitrogens with zero attached hydrogens (tertiary/aromatic N) is 4. The first-order chi connectivity index (χ1) is 11.6. The summed E-state index contributed by atoms with van der Waals surface area (Å²) in [7, 11) is 0. The molecule has 0 aromatic carbocycles. The SMILES string of the molecule is Cc1ccnc(C(C)(C)F)c1-n1c(=O)nc(Cl)c2cc(F)c(Cl)nc21. The van der Waals surface area contributed by atoms with Gasteiger partial charge in [0.25, 0.3) is 0 Å². The van der Waals surface area contributed by atoms with Crippen molar-refractivity contribution in [1.29, 1.82) is 0 Å². The van der Waals surface area contributed by atoms with Gasteiger partial charge in [-0.2, -0.15) is 4.98 Å². The van der Waals surface area contributed by atoms with Crippen molar-refractivity contribution >= 4 is 34.2 Å². The lowest BCUT2D eigenvalue weighted by Gasteiger charge is -2.21. The molecule has 0 atom stereocenters. The highest BCUT2D eigenvalue weighted by atomic mass is 35.5. The van der Waals surface area contributed by atoms with Gasteiger partial charge in [0.2, 0.25) is 0 Å². The van der Waals surface area contributed by atoms with E-state index in [1.165, 1.54) is 20.0 Å². The fraction of sp³-hybridized carbons (Fsp3) is 0.250. The number of hydrogen-bond donors (Lipinski definition) is 0. The summed E-state index contributed by atoms with van der Waals surface area (Å²) in [5.74, 6) is -0.808.